The summed E-state index contributed by atoms with van der Waals surface area (Å²) in [5.74, 6) is 0.518. The molecule has 0 aliphatic carbocycles. The molecule has 0 radical (unpaired) electrons. The summed E-state index contributed by atoms with van der Waals surface area (Å²) >= 11 is 0. The van der Waals surface area contributed by atoms with Gasteiger partial charge in [0.2, 0.25) is 0 Å². The number of hydrogen-bond acceptors (Lipinski definition) is 5. The number of amides is 2. The number of nitrogens with one attached hydrogen (secondary N) is 2. The van der Waals surface area contributed by atoms with Crippen molar-refractivity contribution in [1.29, 1.82) is 0 Å². The van der Waals surface area contributed by atoms with Crippen molar-refractivity contribution >= 4 is 23.2 Å². The van der Waals surface area contributed by atoms with E-state index >= 15 is 0 Å². The molecule has 1 aromatic heterocycles. The minimum Gasteiger partial charge on any atom is -0.495 e. The Kier molecular flexibility index (Phi) is 5.73. The maximum absolute atomic E-state index is 12.1. The largest absolute Gasteiger partial charge is 0.495 e. The fourth-order valence-corrected chi connectivity index (χ4v) is 2.35. The highest BCUT2D eigenvalue weighted by molar-refractivity contribution is 6.02. The van der Waals surface area contributed by atoms with E-state index in [-0.39, 0.29) is 24.2 Å². The molecule has 7 heteroatoms. The van der Waals surface area contributed by atoms with Crippen LogP contribution in [0.1, 0.15) is 10.6 Å². The monoisotopic (exact) mass is 366 g/mol. The number of methoxy groups -OCH3 is 1. The van der Waals surface area contributed by atoms with Gasteiger partial charge in [-0.15, -0.1) is 0 Å². The third-order valence-corrected chi connectivity index (χ3v) is 3.59. The average Bonchev–Trinajstić information content (AvgIpc) is 3.22. The molecule has 2 aromatic carbocycles. The first-order chi connectivity index (χ1) is 13.2. The summed E-state index contributed by atoms with van der Waals surface area (Å²) < 4.78 is 15.7. The summed E-state index contributed by atoms with van der Waals surface area (Å²) in [5, 5.41) is 5.42. The topological polar surface area (TPSA) is 89.8 Å². The van der Waals surface area contributed by atoms with E-state index in [1.54, 1.807) is 54.6 Å². The maximum atomic E-state index is 12.1. The second kappa shape index (κ2) is 8.57. The lowest BCUT2D eigenvalue weighted by Gasteiger charge is -2.11. The zero-order chi connectivity index (χ0) is 19.1. The van der Waals surface area contributed by atoms with Crippen molar-refractivity contribution < 1.29 is 23.5 Å². The van der Waals surface area contributed by atoms with Crippen LogP contribution in [0.5, 0.6) is 11.5 Å². The Hall–Kier alpha value is -3.74. The van der Waals surface area contributed by atoms with Crippen molar-refractivity contribution in [3.05, 3.63) is 72.7 Å². The third kappa shape index (κ3) is 4.88. The zero-order valence-corrected chi connectivity index (χ0v) is 14.6. The zero-order valence-electron chi connectivity index (χ0n) is 14.6. The molecular weight excluding hydrogens is 348 g/mol. The van der Waals surface area contributed by atoms with Gasteiger partial charge in [-0.25, -0.2) is 0 Å². The van der Waals surface area contributed by atoms with Gasteiger partial charge in [0, 0.05) is 11.8 Å². The Morgan fingerprint density at radius 3 is 2.63 bits per heavy atom. The van der Waals surface area contributed by atoms with Crippen LogP contribution < -0.4 is 20.1 Å². The highest BCUT2D eigenvalue weighted by atomic mass is 16.5. The molecule has 0 unspecified atom stereocenters. The fourth-order valence-electron chi connectivity index (χ4n) is 2.35. The molecule has 0 spiro atoms. The predicted molar refractivity (Wildman–Crippen MR) is 100 cm³/mol. The molecule has 2 N–H and O–H groups in total. The van der Waals surface area contributed by atoms with Gasteiger partial charge >= 0.3 is 0 Å². The molecule has 0 atom stereocenters. The minimum atomic E-state index is -0.369. The van der Waals surface area contributed by atoms with Crippen LogP contribution >= 0.6 is 0 Å². The number of carbonyl (C=O) groups excluding carboxylic acids is 2. The van der Waals surface area contributed by atoms with Crippen molar-refractivity contribution in [1.82, 2.24) is 0 Å². The molecule has 7 nitrogen and oxygen atoms in total. The lowest BCUT2D eigenvalue weighted by molar-refractivity contribution is -0.118. The van der Waals surface area contributed by atoms with Crippen molar-refractivity contribution in [2.24, 2.45) is 0 Å². The molecule has 2 amide bonds. The molecule has 3 rings (SSSR count). The molecule has 0 aliphatic heterocycles. The Bertz CT molecular complexity index is 922. The first kappa shape index (κ1) is 18.1. The quantitative estimate of drug-likeness (QED) is 0.667. The number of ether oxygens (including phenoxy) is 2. The number of anilines is 2. The van der Waals surface area contributed by atoms with Gasteiger partial charge in [-0.1, -0.05) is 18.2 Å². The van der Waals surface area contributed by atoms with E-state index in [2.05, 4.69) is 10.6 Å². The van der Waals surface area contributed by atoms with Gasteiger partial charge in [0.1, 0.15) is 11.5 Å². The number of furan rings is 1. The van der Waals surface area contributed by atoms with Crippen molar-refractivity contribution in [3.8, 4) is 11.5 Å². The number of hydrogen-bond donors (Lipinski definition) is 2. The molecule has 138 valence electrons. The second-order valence-corrected chi connectivity index (χ2v) is 5.50. The molecule has 0 fully saturated rings. The van der Waals surface area contributed by atoms with Gasteiger partial charge in [-0.05, 0) is 36.4 Å². The SMILES string of the molecule is COc1ccccc1NC(=O)COc1cccc(NC(=O)c2ccco2)c1. The van der Waals surface area contributed by atoms with E-state index in [0.717, 1.165) is 0 Å². The minimum absolute atomic E-state index is 0.187. The summed E-state index contributed by atoms with van der Waals surface area (Å²) in [6.45, 7) is -0.187. The lowest BCUT2D eigenvalue weighted by Crippen LogP contribution is -2.20. The molecule has 0 bridgehead atoms. The van der Waals surface area contributed by atoms with Crippen LogP contribution in [0.3, 0.4) is 0 Å². The standard InChI is InChI=1S/C20H18N2O5/c1-25-17-9-3-2-8-16(17)22-19(23)13-27-15-7-4-6-14(12-15)21-20(24)18-10-5-11-26-18/h2-12H,13H2,1H3,(H,21,24)(H,22,23). The highest BCUT2D eigenvalue weighted by Crippen LogP contribution is 2.23. The molecule has 0 aliphatic rings. The summed E-state index contributed by atoms with van der Waals surface area (Å²) in [5.41, 5.74) is 1.09. The van der Waals surface area contributed by atoms with Gasteiger partial charge in [0.15, 0.2) is 12.4 Å². The van der Waals surface area contributed by atoms with Crippen LogP contribution in [0.25, 0.3) is 0 Å². The van der Waals surface area contributed by atoms with Crippen LogP contribution in [0.15, 0.2) is 71.3 Å². The first-order valence-corrected chi connectivity index (χ1v) is 8.16. The third-order valence-electron chi connectivity index (χ3n) is 3.59. The Morgan fingerprint density at radius 2 is 1.85 bits per heavy atom. The van der Waals surface area contributed by atoms with Crippen LogP contribution in [0, 0.1) is 0 Å². The van der Waals surface area contributed by atoms with Crippen molar-refractivity contribution in [2.45, 2.75) is 0 Å². The summed E-state index contributed by atoms with van der Waals surface area (Å²) in [4.78, 5) is 24.1. The Morgan fingerprint density at radius 1 is 1.00 bits per heavy atom. The average molecular weight is 366 g/mol. The van der Waals surface area contributed by atoms with Crippen molar-refractivity contribution in [3.63, 3.8) is 0 Å². The van der Waals surface area contributed by atoms with E-state index in [9.17, 15) is 9.59 Å². The molecular formula is C20H18N2O5. The van der Waals surface area contributed by atoms with E-state index in [0.29, 0.717) is 22.9 Å². The normalized spacial score (nSPS) is 10.1. The number of benzene rings is 2. The van der Waals surface area contributed by atoms with Crippen LogP contribution in [-0.4, -0.2) is 25.5 Å². The summed E-state index contributed by atoms with van der Waals surface area (Å²) in [6, 6.07) is 17.0. The fraction of sp³-hybridized carbons (Fsp3) is 0.100. The molecule has 1 heterocycles. The van der Waals surface area contributed by atoms with E-state index < -0.39 is 0 Å². The lowest BCUT2D eigenvalue weighted by atomic mass is 10.3. The number of carbonyl (C=O) groups is 2. The highest BCUT2D eigenvalue weighted by Gasteiger charge is 2.10. The smallest absolute Gasteiger partial charge is 0.291 e. The van der Waals surface area contributed by atoms with Gasteiger partial charge < -0.3 is 24.5 Å². The molecule has 0 saturated carbocycles. The summed E-state index contributed by atoms with van der Waals surface area (Å²) in [7, 11) is 1.53. The van der Waals surface area contributed by atoms with E-state index in [1.165, 1.54) is 13.4 Å². The van der Waals surface area contributed by atoms with Gasteiger partial charge in [-0.3, -0.25) is 9.59 Å². The van der Waals surface area contributed by atoms with Gasteiger partial charge in [0.05, 0.1) is 19.1 Å². The first-order valence-electron chi connectivity index (χ1n) is 8.16. The van der Waals surface area contributed by atoms with Gasteiger partial charge in [0.25, 0.3) is 11.8 Å². The van der Waals surface area contributed by atoms with Crippen molar-refractivity contribution in [2.75, 3.05) is 24.4 Å². The molecule has 0 saturated heterocycles. The Labute approximate surface area is 155 Å². The second-order valence-electron chi connectivity index (χ2n) is 5.50. The van der Waals surface area contributed by atoms with Crippen LogP contribution in [0.4, 0.5) is 11.4 Å². The molecule has 3 aromatic rings. The Balaban J connectivity index is 1.56. The molecule has 27 heavy (non-hydrogen) atoms. The van der Waals surface area contributed by atoms with Gasteiger partial charge in [-0.2, -0.15) is 0 Å². The van der Waals surface area contributed by atoms with E-state index in [4.69, 9.17) is 13.9 Å². The summed E-state index contributed by atoms with van der Waals surface area (Å²) in [6.07, 6.45) is 1.43. The van der Waals surface area contributed by atoms with Crippen LogP contribution in [-0.2, 0) is 4.79 Å². The number of rotatable bonds is 7. The predicted octanol–water partition coefficient (Wildman–Crippen LogP) is 3.56. The maximum Gasteiger partial charge on any atom is 0.291 e. The van der Waals surface area contributed by atoms with E-state index in [1.807, 2.05) is 6.07 Å². The van der Waals surface area contributed by atoms with Crippen LogP contribution in [0.2, 0.25) is 0 Å². The number of para-hydroxylation sites is 2.